The molecule has 0 fully saturated rings. The molecule has 1 unspecified atom stereocenters. The van der Waals surface area contributed by atoms with Crippen molar-refractivity contribution < 1.29 is 17.9 Å². The number of benzene rings is 4. The fourth-order valence-electron chi connectivity index (χ4n) is 6.05. The molecule has 1 heterocycles. The lowest BCUT2D eigenvalue weighted by atomic mass is 9.96. The average molecular weight is 718 g/mol. The number of nitrogens with zero attached hydrogens (tertiary/aromatic N) is 1. The number of carbonyl (C=O) groups is 1. The highest BCUT2D eigenvalue weighted by atomic mass is 79.9. The predicted molar refractivity (Wildman–Crippen MR) is 192 cm³/mol. The molecule has 5 aromatic rings. The number of aryl methyl sites for hydroxylation is 2. The number of nitrogens with one attached hydrogen (secondary N) is 1. The maximum Gasteiger partial charge on any atom is 0.232 e. The summed E-state index contributed by atoms with van der Waals surface area (Å²) in [5.74, 6) is 0.797. The minimum Gasteiger partial charge on any atom is -0.492 e. The van der Waals surface area contributed by atoms with Gasteiger partial charge in [-0.3, -0.25) is 9.10 Å². The zero-order chi connectivity index (χ0) is 32.1. The first-order valence-electron chi connectivity index (χ1n) is 15.6. The molecule has 0 aliphatic heterocycles. The molecule has 0 spiro atoms. The molecule has 0 saturated heterocycles. The first kappa shape index (κ1) is 32.4. The van der Waals surface area contributed by atoms with Gasteiger partial charge in [0.05, 0.1) is 36.3 Å². The summed E-state index contributed by atoms with van der Waals surface area (Å²) in [4.78, 5) is 15.0. The minimum absolute atomic E-state index is 0.0887. The first-order chi connectivity index (χ1) is 22.3. The second kappa shape index (κ2) is 14.5. The van der Waals surface area contributed by atoms with Gasteiger partial charge >= 0.3 is 0 Å². The van der Waals surface area contributed by atoms with E-state index in [1.807, 2.05) is 59.9 Å². The fourth-order valence-corrected chi connectivity index (χ4v) is 8.88. The molecule has 0 bridgehead atoms. The van der Waals surface area contributed by atoms with E-state index in [2.05, 4.69) is 51.6 Å². The third-order valence-corrected chi connectivity index (χ3v) is 11.5. The van der Waals surface area contributed by atoms with E-state index in [0.717, 1.165) is 29.7 Å². The Hall–Kier alpha value is -3.50. The van der Waals surface area contributed by atoms with Crippen molar-refractivity contribution in [2.45, 2.75) is 44.7 Å². The van der Waals surface area contributed by atoms with Gasteiger partial charge in [-0.25, -0.2) is 8.42 Å². The van der Waals surface area contributed by atoms with Gasteiger partial charge in [0.25, 0.3) is 0 Å². The Bertz CT molecular complexity index is 1930. The molecule has 0 saturated carbocycles. The normalized spacial score (nSPS) is 13.7. The van der Waals surface area contributed by atoms with Gasteiger partial charge in [0.1, 0.15) is 5.75 Å². The van der Waals surface area contributed by atoms with Crippen LogP contribution < -0.4 is 14.4 Å². The second-order valence-corrected chi connectivity index (χ2v) is 15.5. The van der Waals surface area contributed by atoms with Crippen LogP contribution in [0.4, 0.5) is 5.69 Å². The maximum atomic E-state index is 13.5. The van der Waals surface area contributed by atoms with Gasteiger partial charge in [0, 0.05) is 27.4 Å². The number of ether oxygens (including phenoxy) is 1. The summed E-state index contributed by atoms with van der Waals surface area (Å²) >= 11 is 5.38. The van der Waals surface area contributed by atoms with Gasteiger partial charge in [-0.1, -0.05) is 78.9 Å². The lowest BCUT2D eigenvalue weighted by Gasteiger charge is -2.24. The van der Waals surface area contributed by atoms with Crippen LogP contribution in [0.5, 0.6) is 5.75 Å². The van der Waals surface area contributed by atoms with Crippen molar-refractivity contribution in [3.63, 3.8) is 0 Å². The second-order valence-electron chi connectivity index (χ2n) is 11.7. The van der Waals surface area contributed by atoms with Crippen LogP contribution in [0.15, 0.2) is 102 Å². The van der Waals surface area contributed by atoms with Gasteiger partial charge in [0.2, 0.25) is 10.0 Å². The lowest BCUT2D eigenvalue weighted by molar-refractivity contribution is 0.0985. The fraction of sp³-hybridized carbons (Fsp3) is 0.270. The third kappa shape index (κ3) is 7.55. The first-order valence-corrected chi connectivity index (χ1v) is 19.0. The van der Waals surface area contributed by atoms with Crippen LogP contribution in [0.25, 0.3) is 10.1 Å². The summed E-state index contributed by atoms with van der Waals surface area (Å²) < 4.78 is 35.3. The Kier molecular flexibility index (Phi) is 10.2. The number of ketones is 1. The van der Waals surface area contributed by atoms with E-state index in [1.54, 1.807) is 18.2 Å². The number of halogens is 1. The van der Waals surface area contributed by atoms with Crippen LogP contribution in [0.1, 0.15) is 57.2 Å². The van der Waals surface area contributed by atoms with Crippen LogP contribution in [0.2, 0.25) is 0 Å². The summed E-state index contributed by atoms with van der Waals surface area (Å²) in [7, 11) is -3.63. The van der Waals surface area contributed by atoms with E-state index in [9.17, 15) is 13.2 Å². The molecule has 1 atom stereocenters. The van der Waals surface area contributed by atoms with E-state index in [-0.39, 0.29) is 24.9 Å². The number of sulfonamides is 1. The van der Waals surface area contributed by atoms with Gasteiger partial charge in [-0.15, -0.1) is 11.3 Å². The molecule has 6 rings (SSSR count). The molecule has 4 aromatic carbocycles. The molecule has 1 aromatic heterocycles. The molecule has 1 N–H and O–H groups in total. The number of rotatable bonds is 13. The Balaban J connectivity index is 1.16. The van der Waals surface area contributed by atoms with Crippen LogP contribution in [-0.2, 0) is 29.4 Å². The van der Waals surface area contributed by atoms with Gasteiger partial charge < -0.3 is 10.1 Å². The van der Waals surface area contributed by atoms with E-state index in [0.29, 0.717) is 28.8 Å². The number of thiophene rings is 1. The SMILES string of the molecule is CS(=O)(=O)N(Cc1ccccc1)c1cc(C(=O)CNC(CCOc2cccc3c4c(sc23)CCCC4)c2ccccc2)ccc1Br. The summed E-state index contributed by atoms with van der Waals surface area (Å²) in [6.07, 6.45) is 6.65. The molecular formula is C37H37BrN2O4S2. The number of anilines is 1. The highest BCUT2D eigenvalue weighted by molar-refractivity contribution is 9.10. The maximum absolute atomic E-state index is 13.5. The Labute approximate surface area is 283 Å². The average Bonchev–Trinajstić information content (AvgIpc) is 3.45. The molecule has 1 aliphatic carbocycles. The molecule has 0 amide bonds. The number of hydrogen-bond donors (Lipinski definition) is 1. The summed E-state index contributed by atoms with van der Waals surface area (Å²) in [5, 5.41) is 4.79. The Morgan fingerprint density at radius 3 is 2.46 bits per heavy atom. The van der Waals surface area contributed by atoms with Gasteiger partial charge in [-0.2, -0.15) is 0 Å². The number of carbonyl (C=O) groups excluding carboxylic acids is 1. The monoisotopic (exact) mass is 716 g/mol. The van der Waals surface area contributed by atoms with E-state index in [4.69, 9.17) is 4.74 Å². The van der Waals surface area contributed by atoms with E-state index in [1.165, 1.54) is 43.9 Å². The minimum atomic E-state index is -3.63. The van der Waals surface area contributed by atoms with Crippen molar-refractivity contribution in [2.24, 2.45) is 0 Å². The zero-order valence-electron chi connectivity index (χ0n) is 25.7. The van der Waals surface area contributed by atoms with Crippen molar-refractivity contribution in [1.29, 1.82) is 0 Å². The number of Topliss-reactive ketones (excluding diaryl/α,β-unsaturated/α-hetero) is 1. The third-order valence-electron chi connectivity index (χ3n) is 8.43. The molecule has 9 heteroatoms. The van der Waals surface area contributed by atoms with Crippen LogP contribution in [0, 0.1) is 0 Å². The van der Waals surface area contributed by atoms with Crippen molar-refractivity contribution >= 4 is 58.8 Å². The summed E-state index contributed by atoms with van der Waals surface area (Å²) in [5.41, 5.74) is 4.28. The van der Waals surface area contributed by atoms with Crippen LogP contribution in [0.3, 0.4) is 0 Å². The summed E-state index contributed by atoms with van der Waals surface area (Å²) in [6, 6.07) is 30.9. The van der Waals surface area contributed by atoms with Crippen molar-refractivity contribution in [3.8, 4) is 5.75 Å². The van der Waals surface area contributed by atoms with Crippen LogP contribution >= 0.6 is 27.3 Å². The molecule has 46 heavy (non-hydrogen) atoms. The standard InChI is InChI=1S/C37H37BrN2O4S2/c1-46(42,43)40(25-26-11-4-2-5-12-26)33-23-28(19-20-31(33)38)34(41)24-39-32(27-13-6-3-7-14-27)21-22-44-35-17-10-16-30-29-15-8-9-18-36(29)45-37(30)35/h2-7,10-14,16-17,19-20,23,32,39H,8-9,15,18,21-22,24-25H2,1H3. The van der Waals surface area contributed by atoms with Crippen molar-refractivity contribution in [1.82, 2.24) is 5.32 Å². The molecule has 1 aliphatic rings. The molecule has 0 radical (unpaired) electrons. The highest BCUT2D eigenvalue weighted by Crippen LogP contribution is 2.41. The summed E-state index contributed by atoms with van der Waals surface area (Å²) in [6.45, 7) is 0.741. The predicted octanol–water partition coefficient (Wildman–Crippen LogP) is 8.49. The molecular weight excluding hydrogens is 680 g/mol. The number of hydrogen-bond acceptors (Lipinski definition) is 6. The van der Waals surface area contributed by atoms with E-state index >= 15 is 0 Å². The zero-order valence-corrected chi connectivity index (χ0v) is 29.0. The smallest absolute Gasteiger partial charge is 0.232 e. The molecule has 6 nitrogen and oxygen atoms in total. The molecule has 238 valence electrons. The van der Waals surface area contributed by atoms with Gasteiger partial charge in [-0.05, 0) is 81.9 Å². The topological polar surface area (TPSA) is 75.7 Å². The van der Waals surface area contributed by atoms with Gasteiger partial charge in [0.15, 0.2) is 5.78 Å². The lowest BCUT2D eigenvalue weighted by Crippen LogP contribution is -2.31. The number of fused-ring (bicyclic) bond motifs is 3. The Morgan fingerprint density at radius 1 is 0.957 bits per heavy atom. The van der Waals surface area contributed by atoms with Crippen molar-refractivity contribution in [3.05, 3.63) is 129 Å². The largest absolute Gasteiger partial charge is 0.492 e. The van der Waals surface area contributed by atoms with E-state index < -0.39 is 10.0 Å². The quantitative estimate of drug-likeness (QED) is 0.124. The van der Waals surface area contributed by atoms with Crippen LogP contribution in [-0.4, -0.2) is 33.6 Å². The van der Waals surface area contributed by atoms with Crippen molar-refractivity contribution in [2.75, 3.05) is 23.7 Å². The highest BCUT2D eigenvalue weighted by Gasteiger charge is 2.23. The Morgan fingerprint density at radius 2 is 1.70 bits per heavy atom.